The summed E-state index contributed by atoms with van der Waals surface area (Å²) < 4.78 is 7.95. The van der Waals surface area contributed by atoms with Crippen molar-refractivity contribution in [1.82, 2.24) is 4.57 Å². The Labute approximate surface area is 165 Å². The summed E-state index contributed by atoms with van der Waals surface area (Å²) in [6, 6.07) is 20.4. The second kappa shape index (κ2) is 8.39. The van der Waals surface area contributed by atoms with E-state index in [1.165, 1.54) is 0 Å². The molecular formula is C21H16BrN3O2. The molecule has 1 amide bonds. The number of halogens is 1. The van der Waals surface area contributed by atoms with Crippen LogP contribution in [-0.2, 0) is 4.79 Å². The van der Waals surface area contributed by atoms with Gasteiger partial charge in [0.2, 0.25) is 0 Å². The van der Waals surface area contributed by atoms with Crippen LogP contribution in [0.15, 0.2) is 76.9 Å². The average molecular weight is 422 g/mol. The maximum absolute atomic E-state index is 12.5. The first-order chi connectivity index (χ1) is 13.1. The molecular weight excluding hydrogens is 406 g/mol. The number of amides is 1. The molecule has 1 N–H and O–H groups in total. The third-order valence-electron chi connectivity index (χ3n) is 3.87. The molecule has 3 rings (SSSR count). The fraction of sp³-hybridized carbons (Fsp3) is 0.0476. The summed E-state index contributed by atoms with van der Waals surface area (Å²) in [4.78, 5) is 12.5. The molecule has 2 aromatic carbocycles. The molecule has 1 aromatic heterocycles. The number of hydrogen-bond acceptors (Lipinski definition) is 3. The van der Waals surface area contributed by atoms with E-state index >= 15 is 0 Å². The van der Waals surface area contributed by atoms with E-state index < -0.39 is 5.91 Å². The monoisotopic (exact) mass is 421 g/mol. The fourth-order valence-corrected chi connectivity index (χ4v) is 2.93. The highest BCUT2D eigenvalue weighted by atomic mass is 79.9. The van der Waals surface area contributed by atoms with Crippen LogP contribution in [0.5, 0.6) is 5.75 Å². The molecule has 0 radical (unpaired) electrons. The molecule has 1 heterocycles. The van der Waals surface area contributed by atoms with Crippen LogP contribution in [-0.4, -0.2) is 17.6 Å². The summed E-state index contributed by atoms with van der Waals surface area (Å²) in [5, 5.41) is 12.2. The number of nitrogens with zero attached hydrogens (tertiary/aromatic N) is 2. The molecule has 0 spiro atoms. The molecule has 0 saturated carbocycles. The van der Waals surface area contributed by atoms with Gasteiger partial charge in [-0.3, -0.25) is 4.79 Å². The van der Waals surface area contributed by atoms with Gasteiger partial charge in [-0.05, 0) is 60.7 Å². The van der Waals surface area contributed by atoms with Crippen LogP contribution in [0.1, 0.15) is 5.69 Å². The molecule has 6 heteroatoms. The molecule has 0 atom stereocenters. The van der Waals surface area contributed by atoms with Crippen molar-refractivity contribution >= 4 is 33.6 Å². The summed E-state index contributed by atoms with van der Waals surface area (Å²) in [5.41, 5.74) is 2.26. The van der Waals surface area contributed by atoms with E-state index in [2.05, 4.69) is 21.2 Å². The molecule has 5 nitrogen and oxygen atoms in total. The fourth-order valence-electron chi connectivity index (χ4n) is 2.54. The highest BCUT2D eigenvalue weighted by molar-refractivity contribution is 9.10. The molecule has 3 aromatic rings. The molecule has 0 aliphatic heterocycles. The Bertz CT molecular complexity index is 1030. The maximum Gasteiger partial charge on any atom is 0.266 e. The van der Waals surface area contributed by atoms with Gasteiger partial charge in [-0.25, -0.2) is 0 Å². The first kappa shape index (κ1) is 18.5. The van der Waals surface area contributed by atoms with Gasteiger partial charge >= 0.3 is 0 Å². The topological polar surface area (TPSA) is 67.0 Å². The number of carbonyl (C=O) groups is 1. The van der Waals surface area contributed by atoms with E-state index in [0.29, 0.717) is 11.4 Å². The third kappa shape index (κ3) is 4.46. The zero-order valence-electron chi connectivity index (χ0n) is 14.5. The van der Waals surface area contributed by atoms with Crippen molar-refractivity contribution in [3.8, 4) is 17.5 Å². The summed E-state index contributed by atoms with van der Waals surface area (Å²) in [5.74, 6) is 0.223. The zero-order chi connectivity index (χ0) is 19.2. The van der Waals surface area contributed by atoms with Crippen molar-refractivity contribution in [1.29, 1.82) is 5.26 Å². The van der Waals surface area contributed by atoms with Gasteiger partial charge in [-0.2, -0.15) is 5.26 Å². The number of nitriles is 1. The largest absolute Gasteiger partial charge is 0.497 e. The highest BCUT2D eigenvalue weighted by Crippen LogP contribution is 2.20. The average Bonchev–Trinajstić information content (AvgIpc) is 3.15. The smallest absolute Gasteiger partial charge is 0.266 e. The molecule has 0 aliphatic carbocycles. The summed E-state index contributed by atoms with van der Waals surface area (Å²) >= 11 is 3.45. The van der Waals surface area contributed by atoms with Crippen molar-refractivity contribution in [2.24, 2.45) is 0 Å². The first-order valence-corrected chi connectivity index (χ1v) is 8.90. The van der Waals surface area contributed by atoms with Crippen LogP contribution < -0.4 is 10.1 Å². The second-order valence-electron chi connectivity index (χ2n) is 5.64. The molecule has 0 fully saturated rings. The lowest BCUT2D eigenvalue weighted by Crippen LogP contribution is -2.13. The van der Waals surface area contributed by atoms with E-state index in [4.69, 9.17) is 4.74 Å². The highest BCUT2D eigenvalue weighted by Gasteiger charge is 2.11. The van der Waals surface area contributed by atoms with Crippen molar-refractivity contribution in [2.75, 3.05) is 12.4 Å². The Hall–Kier alpha value is -3.30. The first-order valence-electron chi connectivity index (χ1n) is 8.11. The van der Waals surface area contributed by atoms with Gasteiger partial charge in [0.25, 0.3) is 5.91 Å². The van der Waals surface area contributed by atoms with Gasteiger partial charge in [-0.15, -0.1) is 0 Å². The predicted molar refractivity (Wildman–Crippen MR) is 109 cm³/mol. The van der Waals surface area contributed by atoms with Gasteiger partial charge in [0, 0.05) is 27.7 Å². The number of ether oxygens (including phenoxy) is 1. The number of methoxy groups -OCH3 is 1. The van der Waals surface area contributed by atoms with Crippen LogP contribution in [0, 0.1) is 11.3 Å². The van der Waals surface area contributed by atoms with Gasteiger partial charge < -0.3 is 14.6 Å². The lowest BCUT2D eigenvalue weighted by Gasteiger charge is -2.08. The number of carbonyl (C=O) groups excluding carboxylic acids is 1. The Morgan fingerprint density at radius 1 is 1.19 bits per heavy atom. The number of anilines is 1. The van der Waals surface area contributed by atoms with E-state index in [1.54, 1.807) is 37.5 Å². The van der Waals surface area contributed by atoms with Crippen LogP contribution in [0.25, 0.3) is 11.8 Å². The lowest BCUT2D eigenvalue weighted by molar-refractivity contribution is -0.112. The van der Waals surface area contributed by atoms with Gasteiger partial charge in [0.1, 0.15) is 17.4 Å². The van der Waals surface area contributed by atoms with E-state index in [1.807, 2.05) is 53.2 Å². The molecule has 0 aliphatic rings. The molecule has 0 saturated heterocycles. The third-order valence-corrected chi connectivity index (χ3v) is 4.37. The number of benzene rings is 2. The minimum absolute atomic E-state index is 0.0146. The minimum atomic E-state index is -0.468. The summed E-state index contributed by atoms with van der Waals surface area (Å²) in [7, 11) is 1.57. The Morgan fingerprint density at radius 3 is 2.63 bits per heavy atom. The molecule has 0 bridgehead atoms. The number of aromatic nitrogens is 1. The zero-order valence-corrected chi connectivity index (χ0v) is 16.1. The molecule has 0 unspecified atom stereocenters. The van der Waals surface area contributed by atoms with Crippen molar-refractivity contribution in [3.63, 3.8) is 0 Å². The Balaban J connectivity index is 1.85. The number of hydrogen-bond donors (Lipinski definition) is 1. The summed E-state index contributed by atoms with van der Waals surface area (Å²) in [6.07, 6.45) is 3.45. The normalized spacial score (nSPS) is 10.9. The van der Waals surface area contributed by atoms with Crippen LogP contribution in [0.2, 0.25) is 0 Å². The van der Waals surface area contributed by atoms with Gasteiger partial charge in [0.05, 0.1) is 7.11 Å². The second-order valence-corrected chi connectivity index (χ2v) is 6.55. The standard InChI is InChI=1S/C21H16BrN3O2/c1-27-20-9-7-17(8-10-20)24-21(26)15(14-23)12-18-6-3-11-25(18)19-5-2-4-16(22)13-19/h2-13H,1H3,(H,24,26)/b15-12-. The lowest BCUT2D eigenvalue weighted by atomic mass is 10.2. The van der Waals surface area contributed by atoms with E-state index in [0.717, 1.165) is 15.9 Å². The van der Waals surface area contributed by atoms with E-state index in [9.17, 15) is 10.1 Å². The number of nitrogens with one attached hydrogen (secondary N) is 1. The quantitative estimate of drug-likeness (QED) is 0.475. The summed E-state index contributed by atoms with van der Waals surface area (Å²) in [6.45, 7) is 0. The Morgan fingerprint density at radius 2 is 1.96 bits per heavy atom. The van der Waals surface area contributed by atoms with Gasteiger partial charge in [0.15, 0.2) is 0 Å². The van der Waals surface area contributed by atoms with E-state index in [-0.39, 0.29) is 5.57 Å². The number of rotatable bonds is 5. The predicted octanol–water partition coefficient (Wildman–Crippen LogP) is 4.79. The van der Waals surface area contributed by atoms with Crippen molar-refractivity contribution in [2.45, 2.75) is 0 Å². The van der Waals surface area contributed by atoms with Gasteiger partial charge in [-0.1, -0.05) is 22.0 Å². The Kier molecular flexibility index (Phi) is 5.74. The maximum atomic E-state index is 12.5. The van der Waals surface area contributed by atoms with Crippen LogP contribution >= 0.6 is 15.9 Å². The van der Waals surface area contributed by atoms with Crippen molar-refractivity contribution < 1.29 is 9.53 Å². The minimum Gasteiger partial charge on any atom is -0.497 e. The molecule has 134 valence electrons. The molecule has 27 heavy (non-hydrogen) atoms. The SMILES string of the molecule is COc1ccc(NC(=O)/C(C#N)=C\c2cccn2-c2cccc(Br)c2)cc1. The van der Waals surface area contributed by atoms with Crippen LogP contribution in [0.3, 0.4) is 0 Å². The van der Waals surface area contributed by atoms with Crippen LogP contribution in [0.4, 0.5) is 5.69 Å². The van der Waals surface area contributed by atoms with Crippen molar-refractivity contribution in [3.05, 3.63) is 82.6 Å².